The van der Waals surface area contributed by atoms with Crippen LogP contribution in [-0.4, -0.2) is 17.6 Å². The number of aromatic nitrogens is 1. The molecule has 1 aromatic heterocycles. The Morgan fingerprint density at radius 2 is 1.78 bits per heavy atom. The van der Waals surface area contributed by atoms with Gasteiger partial charge in [-0.05, 0) is 36.6 Å². The second-order valence-electron chi connectivity index (χ2n) is 6.20. The fraction of sp³-hybridized carbons (Fsp3) is 0.211. The molecule has 1 heterocycles. The van der Waals surface area contributed by atoms with Crippen molar-refractivity contribution in [1.29, 1.82) is 0 Å². The number of benzene rings is 2. The number of hydrogen-bond acceptors (Lipinski definition) is 1. The van der Waals surface area contributed by atoms with Gasteiger partial charge in [-0.1, -0.05) is 36.4 Å². The highest BCUT2D eigenvalue weighted by molar-refractivity contribution is 5.89. The van der Waals surface area contributed by atoms with Crippen LogP contribution in [0.25, 0.3) is 10.9 Å². The van der Waals surface area contributed by atoms with Crippen LogP contribution in [0.4, 0.5) is 10.5 Å². The van der Waals surface area contributed by atoms with Gasteiger partial charge in [-0.15, -0.1) is 0 Å². The van der Waals surface area contributed by atoms with Crippen molar-refractivity contribution in [1.82, 2.24) is 10.3 Å². The minimum atomic E-state index is -0.151. The normalized spacial score (nSPS) is 15.3. The van der Waals surface area contributed by atoms with Gasteiger partial charge in [-0.3, -0.25) is 0 Å². The summed E-state index contributed by atoms with van der Waals surface area (Å²) < 4.78 is 0. The number of rotatable bonds is 4. The number of anilines is 1. The number of urea groups is 1. The number of nitrogens with one attached hydrogen (secondary N) is 3. The minimum Gasteiger partial charge on any atom is -0.361 e. The fourth-order valence-corrected chi connectivity index (χ4v) is 3.15. The van der Waals surface area contributed by atoms with Gasteiger partial charge in [0.05, 0.1) is 0 Å². The molecule has 0 aliphatic heterocycles. The highest BCUT2D eigenvalue weighted by Crippen LogP contribution is 2.49. The summed E-state index contributed by atoms with van der Waals surface area (Å²) in [5, 5.41) is 7.15. The van der Waals surface area contributed by atoms with Crippen molar-refractivity contribution in [2.45, 2.75) is 18.3 Å². The molecule has 4 rings (SSSR count). The molecule has 1 aliphatic carbocycles. The minimum absolute atomic E-state index is 0.0770. The number of para-hydroxylation sites is 2. The maximum Gasteiger partial charge on any atom is 0.319 e. The lowest BCUT2D eigenvalue weighted by Crippen LogP contribution is -2.35. The molecule has 2 amide bonds. The first-order chi connectivity index (χ1) is 11.3. The molecule has 0 saturated heterocycles. The van der Waals surface area contributed by atoms with Gasteiger partial charge in [0, 0.05) is 34.7 Å². The monoisotopic (exact) mass is 305 g/mol. The van der Waals surface area contributed by atoms with E-state index < -0.39 is 0 Å². The Balaban J connectivity index is 1.45. The summed E-state index contributed by atoms with van der Waals surface area (Å²) in [5.41, 5.74) is 3.35. The van der Waals surface area contributed by atoms with Crippen molar-refractivity contribution in [3.05, 3.63) is 66.4 Å². The van der Waals surface area contributed by atoms with Crippen LogP contribution in [0.1, 0.15) is 18.4 Å². The Hall–Kier alpha value is -2.75. The molecule has 3 N–H and O–H groups in total. The molecule has 4 heteroatoms. The molecule has 0 unspecified atom stereocenters. The quantitative estimate of drug-likeness (QED) is 0.670. The molecule has 0 spiro atoms. The lowest BCUT2D eigenvalue weighted by Gasteiger charge is -2.16. The molecule has 23 heavy (non-hydrogen) atoms. The van der Waals surface area contributed by atoms with Crippen molar-refractivity contribution in [2.24, 2.45) is 0 Å². The van der Waals surface area contributed by atoms with E-state index in [0.29, 0.717) is 6.54 Å². The summed E-state index contributed by atoms with van der Waals surface area (Å²) in [4.78, 5) is 15.4. The van der Waals surface area contributed by atoms with Gasteiger partial charge < -0.3 is 15.6 Å². The highest BCUT2D eigenvalue weighted by Gasteiger charge is 2.45. The Morgan fingerprint density at radius 3 is 2.57 bits per heavy atom. The third kappa shape index (κ3) is 2.68. The van der Waals surface area contributed by atoms with E-state index in [9.17, 15) is 4.79 Å². The summed E-state index contributed by atoms with van der Waals surface area (Å²) in [6.45, 7) is 0.660. The zero-order valence-corrected chi connectivity index (χ0v) is 12.8. The van der Waals surface area contributed by atoms with Gasteiger partial charge in [0.1, 0.15) is 0 Å². The molecule has 1 aliphatic rings. The maximum absolute atomic E-state index is 12.1. The molecule has 116 valence electrons. The molecule has 0 radical (unpaired) electrons. The highest BCUT2D eigenvalue weighted by atomic mass is 16.2. The molecular formula is C19H19N3O. The van der Waals surface area contributed by atoms with E-state index in [4.69, 9.17) is 0 Å². The third-order valence-corrected chi connectivity index (χ3v) is 4.63. The van der Waals surface area contributed by atoms with Crippen molar-refractivity contribution in [2.75, 3.05) is 11.9 Å². The zero-order valence-electron chi connectivity index (χ0n) is 12.8. The number of H-pyrrole nitrogens is 1. The molecule has 0 atom stereocenters. The van der Waals surface area contributed by atoms with Gasteiger partial charge in [0.2, 0.25) is 0 Å². The van der Waals surface area contributed by atoms with E-state index in [2.05, 4.69) is 40.0 Å². The SMILES string of the molecule is O=C(NCC1(c2c[nH]c3ccccc23)CC1)Nc1ccccc1. The second kappa shape index (κ2) is 5.47. The smallest absolute Gasteiger partial charge is 0.319 e. The van der Waals surface area contributed by atoms with E-state index in [-0.39, 0.29) is 11.4 Å². The lowest BCUT2D eigenvalue weighted by molar-refractivity contribution is 0.251. The first kappa shape index (κ1) is 13.9. The van der Waals surface area contributed by atoms with Crippen LogP contribution < -0.4 is 10.6 Å². The lowest BCUT2D eigenvalue weighted by atomic mass is 9.95. The molecule has 1 saturated carbocycles. The largest absolute Gasteiger partial charge is 0.361 e. The summed E-state index contributed by atoms with van der Waals surface area (Å²) in [5.74, 6) is 0. The van der Waals surface area contributed by atoms with Crippen LogP contribution in [0.5, 0.6) is 0 Å². The van der Waals surface area contributed by atoms with Crippen LogP contribution in [0.15, 0.2) is 60.8 Å². The second-order valence-corrected chi connectivity index (χ2v) is 6.20. The fourth-order valence-electron chi connectivity index (χ4n) is 3.15. The predicted molar refractivity (Wildman–Crippen MR) is 92.7 cm³/mol. The van der Waals surface area contributed by atoms with E-state index in [1.807, 2.05) is 36.4 Å². The van der Waals surface area contributed by atoms with E-state index in [1.165, 1.54) is 10.9 Å². The van der Waals surface area contributed by atoms with Gasteiger partial charge in [-0.2, -0.15) is 0 Å². The van der Waals surface area contributed by atoms with Crippen molar-refractivity contribution in [3.63, 3.8) is 0 Å². The number of fused-ring (bicyclic) bond motifs is 1. The molecule has 4 nitrogen and oxygen atoms in total. The van der Waals surface area contributed by atoms with Gasteiger partial charge in [-0.25, -0.2) is 4.79 Å². The number of hydrogen-bond donors (Lipinski definition) is 3. The van der Waals surface area contributed by atoms with Crippen LogP contribution >= 0.6 is 0 Å². The molecule has 2 aromatic carbocycles. The summed E-state index contributed by atoms with van der Waals surface area (Å²) in [6.07, 6.45) is 4.31. The summed E-state index contributed by atoms with van der Waals surface area (Å²) in [7, 11) is 0. The van der Waals surface area contributed by atoms with E-state index in [0.717, 1.165) is 24.0 Å². The Morgan fingerprint density at radius 1 is 1.04 bits per heavy atom. The van der Waals surface area contributed by atoms with Crippen molar-refractivity contribution in [3.8, 4) is 0 Å². The van der Waals surface area contributed by atoms with Gasteiger partial charge in [0.15, 0.2) is 0 Å². The third-order valence-electron chi connectivity index (χ3n) is 4.63. The van der Waals surface area contributed by atoms with Crippen molar-refractivity contribution >= 4 is 22.6 Å². The topological polar surface area (TPSA) is 56.9 Å². The molecular weight excluding hydrogens is 286 g/mol. The predicted octanol–water partition coefficient (Wildman–Crippen LogP) is 4.02. The average Bonchev–Trinajstić information content (AvgIpc) is 3.25. The van der Waals surface area contributed by atoms with Crippen LogP contribution in [0.2, 0.25) is 0 Å². The Bertz CT molecular complexity index is 834. The summed E-state index contributed by atoms with van der Waals surface area (Å²) in [6, 6.07) is 17.7. The molecule has 3 aromatic rings. The maximum atomic E-state index is 12.1. The molecule has 0 bridgehead atoms. The average molecular weight is 305 g/mol. The number of carbonyl (C=O) groups excluding carboxylic acids is 1. The van der Waals surface area contributed by atoms with E-state index in [1.54, 1.807) is 0 Å². The van der Waals surface area contributed by atoms with Crippen LogP contribution in [0.3, 0.4) is 0 Å². The van der Waals surface area contributed by atoms with Crippen LogP contribution in [-0.2, 0) is 5.41 Å². The zero-order chi connectivity index (χ0) is 15.7. The number of amides is 2. The van der Waals surface area contributed by atoms with Crippen LogP contribution in [0, 0.1) is 0 Å². The first-order valence-electron chi connectivity index (χ1n) is 7.93. The standard InChI is InChI=1S/C19H19N3O/c23-18(22-14-6-2-1-3-7-14)21-13-19(10-11-19)16-12-20-17-9-5-4-8-15(16)17/h1-9,12,20H,10-11,13H2,(H2,21,22,23). The van der Waals surface area contributed by atoms with Gasteiger partial charge >= 0.3 is 6.03 Å². The van der Waals surface area contributed by atoms with Crippen molar-refractivity contribution < 1.29 is 4.79 Å². The Labute approximate surface area is 134 Å². The number of aromatic amines is 1. The Kier molecular flexibility index (Phi) is 3.30. The van der Waals surface area contributed by atoms with Gasteiger partial charge in [0.25, 0.3) is 0 Å². The first-order valence-corrected chi connectivity index (χ1v) is 7.93. The molecule has 1 fully saturated rings. The van der Waals surface area contributed by atoms with E-state index >= 15 is 0 Å². The summed E-state index contributed by atoms with van der Waals surface area (Å²) >= 11 is 0. The number of carbonyl (C=O) groups is 1.